The Morgan fingerprint density at radius 1 is 1.20 bits per heavy atom. The number of fused-ring (bicyclic) bond motifs is 1. The van der Waals surface area contributed by atoms with Crippen molar-refractivity contribution in [1.29, 1.82) is 0 Å². The van der Waals surface area contributed by atoms with Gasteiger partial charge in [-0.15, -0.1) is 0 Å². The summed E-state index contributed by atoms with van der Waals surface area (Å²) in [6.45, 7) is 1.17. The zero-order valence-electron chi connectivity index (χ0n) is 11.0. The van der Waals surface area contributed by atoms with Gasteiger partial charge in [0.25, 0.3) is 5.91 Å². The van der Waals surface area contributed by atoms with E-state index < -0.39 is 0 Å². The molecule has 2 aromatic rings. The molecule has 1 aromatic carbocycles. The number of oxime groups is 1. The molecule has 1 aromatic heterocycles. The second kappa shape index (κ2) is 5.28. The highest BCUT2D eigenvalue weighted by Crippen LogP contribution is 2.19. The minimum Gasteiger partial charge on any atom is -0.411 e. The van der Waals surface area contributed by atoms with Crippen LogP contribution in [-0.2, 0) is 0 Å². The van der Waals surface area contributed by atoms with Crippen molar-refractivity contribution >= 4 is 22.5 Å². The maximum Gasteiger partial charge on any atom is 0.256 e. The van der Waals surface area contributed by atoms with E-state index >= 15 is 0 Å². The van der Waals surface area contributed by atoms with Crippen LogP contribution in [-0.4, -0.2) is 39.8 Å². The summed E-state index contributed by atoms with van der Waals surface area (Å²) in [6.07, 6.45) is 2.95. The first-order chi connectivity index (χ1) is 9.79. The molecule has 20 heavy (non-hydrogen) atoms. The number of benzene rings is 1. The lowest BCUT2D eigenvalue weighted by molar-refractivity contribution is 0.0755. The van der Waals surface area contributed by atoms with Gasteiger partial charge in [0.2, 0.25) is 0 Å². The van der Waals surface area contributed by atoms with Crippen molar-refractivity contribution in [1.82, 2.24) is 9.88 Å². The Hall–Kier alpha value is -2.43. The van der Waals surface area contributed by atoms with Crippen LogP contribution in [0.15, 0.2) is 41.7 Å². The summed E-state index contributed by atoms with van der Waals surface area (Å²) in [5, 5.41) is 12.9. The molecule has 0 aliphatic carbocycles. The van der Waals surface area contributed by atoms with Gasteiger partial charge in [0.05, 0.1) is 16.8 Å². The fraction of sp³-hybridized carbons (Fsp3) is 0.267. The fourth-order valence-corrected chi connectivity index (χ4v) is 2.52. The van der Waals surface area contributed by atoms with E-state index in [0.717, 1.165) is 16.6 Å². The molecule has 1 fully saturated rings. The maximum absolute atomic E-state index is 12.6. The van der Waals surface area contributed by atoms with Crippen molar-refractivity contribution in [3.63, 3.8) is 0 Å². The van der Waals surface area contributed by atoms with Crippen LogP contribution in [0.2, 0.25) is 0 Å². The number of para-hydroxylation sites is 1. The van der Waals surface area contributed by atoms with Gasteiger partial charge in [0.1, 0.15) is 0 Å². The van der Waals surface area contributed by atoms with Crippen LogP contribution in [0.3, 0.4) is 0 Å². The number of aromatic nitrogens is 1. The predicted octanol–water partition coefficient (Wildman–Crippen LogP) is 2.30. The third-order valence-corrected chi connectivity index (χ3v) is 3.63. The van der Waals surface area contributed by atoms with Gasteiger partial charge in [-0.3, -0.25) is 9.78 Å². The van der Waals surface area contributed by atoms with E-state index in [9.17, 15) is 4.79 Å². The summed E-state index contributed by atoms with van der Waals surface area (Å²) >= 11 is 0. The molecule has 1 saturated heterocycles. The number of amides is 1. The zero-order valence-corrected chi connectivity index (χ0v) is 11.0. The lowest BCUT2D eigenvalue weighted by Gasteiger charge is -2.27. The molecule has 5 nitrogen and oxygen atoms in total. The van der Waals surface area contributed by atoms with Crippen LogP contribution >= 0.6 is 0 Å². The minimum absolute atomic E-state index is 0.00807. The van der Waals surface area contributed by atoms with Crippen molar-refractivity contribution in [3.8, 4) is 0 Å². The van der Waals surface area contributed by atoms with Crippen LogP contribution in [0.25, 0.3) is 10.9 Å². The largest absolute Gasteiger partial charge is 0.411 e. The Bertz CT molecular complexity index is 666. The maximum atomic E-state index is 12.6. The molecule has 0 saturated carbocycles. The topological polar surface area (TPSA) is 65.8 Å². The Labute approximate surface area is 116 Å². The van der Waals surface area contributed by atoms with Crippen molar-refractivity contribution < 1.29 is 10.0 Å². The number of carbonyl (C=O) groups is 1. The fourth-order valence-electron chi connectivity index (χ4n) is 2.52. The summed E-state index contributed by atoms with van der Waals surface area (Å²) < 4.78 is 0. The van der Waals surface area contributed by atoms with Crippen LogP contribution in [0.4, 0.5) is 0 Å². The first kappa shape index (κ1) is 12.6. The molecule has 1 aliphatic heterocycles. The van der Waals surface area contributed by atoms with Gasteiger partial charge in [0.15, 0.2) is 0 Å². The number of piperidine rings is 1. The van der Waals surface area contributed by atoms with E-state index in [1.54, 1.807) is 11.1 Å². The lowest BCUT2D eigenvalue weighted by atomic mass is 10.1. The number of pyridine rings is 1. The Balaban J connectivity index is 1.90. The molecule has 0 bridgehead atoms. The van der Waals surface area contributed by atoms with Gasteiger partial charge >= 0.3 is 0 Å². The summed E-state index contributed by atoms with van der Waals surface area (Å²) in [5.74, 6) is -0.00807. The van der Waals surface area contributed by atoms with E-state index in [2.05, 4.69) is 10.1 Å². The van der Waals surface area contributed by atoms with Gasteiger partial charge < -0.3 is 10.1 Å². The highest BCUT2D eigenvalue weighted by Gasteiger charge is 2.22. The second-order valence-electron chi connectivity index (χ2n) is 4.84. The number of hydrogen-bond donors (Lipinski definition) is 1. The second-order valence-corrected chi connectivity index (χ2v) is 4.84. The molecular weight excluding hydrogens is 254 g/mol. The van der Waals surface area contributed by atoms with Crippen LogP contribution in [0, 0.1) is 0 Å². The number of nitrogens with zero attached hydrogens (tertiary/aromatic N) is 3. The van der Waals surface area contributed by atoms with E-state index in [-0.39, 0.29) is 5.91 Å². The highest BCUT2D eigenvalue weighted by molar-refractivity contribution is 6.05. The molecular formula is C15H15N3O2. The van der Waals surface area contributed by atoms with Crippen molar-refractivity contribution in [2.75, 3.05) is 13.1 Å². The normalized spacial score (nSPS) is 15.4. The highest BCUT2D eigenvalue weighted by atomic mass is 16.4. The van der Waals surface area contributed by atoms with Gasteiger partial charge in [-0.1, -0.05) is 23.4 Å². The lowest BCUT2D eigenvalue weighted by Crippen LogP contribution is -2.38. The van der Waals surface area contributed by atoms with Gasteiger partial charge in [-0.2, -0.15) is 0 Å². The van der Waals surface area contributed by atoms with Gasteiger partial charge in [-0.05, 0) is 12.1 Å². The first-order valence-corrected chi connectivity index (χ1v) is 6.62. The molecule has 1 amide bonds. The Morgan fingerprint density at radius 3 is 2.70 bits per heavy atom. The Morgan fingerprint density at radius 2 is 1.95 bits per heavy atom. The SMILES string of the molecule is O=C(c1cccc2cccnc12)N1CCC(=NO)CC1. The standard InChI is InChI=1S/C15H15N3O2/c19-15(18-9-6-12(17-20)7-10-18)13-5-1-3-11-4-2-8-16-14(11)13/h1-5,8,20H,6-7,9-10H2. The van der Waals surface area contributed by atoms with Crippen LogP contribution in [0.5, 0.6) is 0 Å². The molecule has 5 heteroatoms. The van der Waals surface area contributed by atoms with Gasteiger partial charge in [0, 0.05) is 37.5 Å². The molecule has 3 rings (SSSR count). The molecule has 2 heterocycles. The third kappa shape index (κ3) is 2.22. The summed E-state index contributed by atoms with van der Waals surface area (Å²) in [4.78, 5) is 18.7. The molecule has 0 unspecified atom stereocenters. The van der Waals surface area contributed by atoms with E-state index in [1.165, 1.54) is 0 Å². The predicted molar refractivity (Wildman–Crippen MR) is 76.1 cm³/mol. The number of likely N-dealkylation sites (tertiary alicyclic amines) is 1. The molecule has 1 aliphatic rings. The quantitative estimate of drug-likeness (QED) is 0.638. The minimum atomic E-state index is -0.00807. The van der Waals surface area contributed by atoms with Gasteiger partial charge in [-0.25, -0.2) is 0 Å². The molecule has 0 atom stereocenters. The van der Waals surface area contributed by atoms with E-state index in [4.69, 9.17) is 5.21 Å². The van der Waals surface area contributed by atoms with Crippen molar-refractivity contribution in [2.45, 2.75) is 12.8 Å². The number of rotatable bonds is 1. The molecule has 102 valence electrons. The number of carbonyl (C=O) groups excluding carboxylic acids is 1. The Kier molecular flexibility index (Phi) is 3.33. The smallest absolute Gasteiger partial charge is 0.256 e. The number of hydrogen-bond acceptors (Lipinski definition) is 4. The monoisotopic (exact) mass is 269 g/mol. The average molecular weight is 269 g/mol. The van der Waals surface area contributed by atoms with E-state index in [0.29, 0.717) is 31.5 Å². The zero-order chi connectivity index (χ0) is 13.9. The average Bonchev–Trinajstić information content (AvgIpc) is 2.54. The van der Waals surface area contributed by atoms with Crippen molar-refractivity contribution in [2.24, 2.45) is 5.16 Å². The molecule has 0 radical (unpaired) electrons. The van der Waals surface area contributed by atoms with Crippen LogP contribution in [0.1, 0.15) is 23.2 Å². The first-order valence-electron chi connectivity index (χ1n) is 6.62. The molecule has 1 N–H and O–H groups in total. The molecule has 0 spiro atoms. The van der Waals surface area contributed by atoms with E-state index in [1.807, 2.05) is 30.3 Å². The third-order valence-electron chi connectivity index (χ3n) is 3.63. The summed E-state index contributed by atoms with van der Waals surface area (Å²) in [6, 6.07) is 9.45. The van der Waals surface area contributed by atoms with Crippen molar-refractivity contribution in [3.05, 3.63) is 42.1 Å². The summed E-state index contributed by atoms with van der Waals surface area (Å²) in [7, 11) is 0. The summed E-state index contributed by atoms with van der Waals surface area (Å²) in [5.41, 5.74) is 2.12. The van der Waals surface area contributed by atoms with Crippen LogP contribution < -0.4 is 0 Å².